The number of alkyl halides is 1. The van der Waals surface area contributed by atoms with Crippen molar-refractivity contribution in [1.82, 2.24) is 4.98 Å². The first-order valence-corrected chi connectivity index (χ1v) is 7.39. The third-order valence-corrected chi connectivity index (χ3v) is 3.89. The molecule has 0 bridgehead atoms. The highest BCUT2D eigenvalue weighted by molar-refractivity contribution is 7.14. The van der Waals surface area contributed by atoms with E-state index in [-0.39, 0.29) is 11.7 Å². The number of thiazole rings is 1. The molecule has 0 saturated heterocycles. The molecule has 0 radical (unpaired) electrons. The highest BCUT2D eigenvalue weighted by Crippen LogP contribution is 2.22. The Morgan fingerprint density at radius 2 is 2.30 bits per heavy atom. The summed E-state index contributed by atoms with van der Waals surface area (Å²) >= 11 is 7.01. The van der Waals surface area contributed by atoms with Crippen LogP contribution < -0.4 is 5.32 Å². The number of fused-ring (bicyclic) bond motifs is 1. The number of benzene rings is 1. The molecule has 1 N–H and O–H groups in total. The molecule has 102 valence electrons. The molecule has 0 aliphatic carbocycles. The summed E-state index contributed by atoms with van der Waals surface area (Å²) in [5.74, 6) is 0.290. The van der Waals surface area contributed by atoms with Gasteiger partial charge in [0, 0.05) is 10.8 Å². The number of nitrogens with zero attached hydrogens (tertiary/aromatic N) is 1. The van der Waals surface area contributed by atoms with Gasteiger partial charge in [0.25, 0.3) is 5.91 Å². The van der Waals surface area contributed by atoms with Crippen LogP contribution in [0.2, 0.25) is 0 Å². The summed E-state index contributed by atoms with van der Waals surface area (Å²) in [6.45, 7) is 2.00. The number of halogens is 1. The second-order valence-corrected chi connectivity index (χ2v) is 5.51. The van der Waals surface area contributed by atoms with Crippen LogP contribution in [0.4, 0.5) is 5.13 Å². The number of anilines is 1. The summed E-state index contributed by atoms with van der Waals surface area (Å²) in [5.41, 5.74) is 2.56. The van der Waals surface area contributed by atoms with Crippen molar-refractivity contribution in [2.24, 2.45) is 0 Å². The number of amides is 1. The number of hydrogen-bond donors (Lipinski definition) is 1. The van der Waals surface area contributed by atoms with Crippen molar-refractivity contribution >= 4 is 44.9 Å². The van der Waals surface area contributed by atoms with Gasteiger partial charge in [0.15, 0.2) is 10.9 Å². The molecule has 0 atom stereocenters. The van der Waals surface area contributed by atoms with Crippen LogP contribution in [0.3, 0.4) is 0 Å². The van der Waals surface area contributed by atoms with Gasteiger partial charge in [-0.1, -0.05) is 11.6 Å². The Morgan fingerprint density at radius 3 is 3.05 bits per heavy atom. The normalized spacial score (nSPS) is 10.9. The molecule has 6 heteroatoms. The Hall–Kier alpha value is -1.85. The van der Waals surface area contributed by atoms with E-state index in [1.54, 1.807) is 6.07 Å². The van der Waals surface area contributed by atoms with E-state index in [0.717, 1.165) is 16.6 Å². The summed E-state index contributed by atoms with van der Waals surface area (Å²) in [5, 5.41) is 5.94. The average molecular weight is 307 g/mol. The topological polar surface area (TPSA) is 55.1 Å². The lowest BCUT2D eigenvalue weighted by atomic mass is 10.2. The molecule has 0 unspecified atom stereocenters. The van der Waals surface area contributed by atoms with Crippen molar-refractivity contribution in [1.29, 1.82) is 0 Å². The third-order valence-electron chi connectivity index (χ3n) is 2.80. The van der Waals surface area contributed by atoms with Crippen molar-refractivity contribution < 1.29 is 9.21 Å². The van der Waals surface area contributed by atoms with E-state index in [1.807, 2.05) is 30.5 Å². The van der Waals surface area contributed by atoms with Crippen LogP contribution in [0.15, 0.2) is 34.1 Å². The van der Waals surface area contributed by atoms with Crippen molar-refractivity contribution in [2.75, 3.05) is 5.32 Å². The van der Waals surface area contributed by atoms with E-state index < -0.39 is 0 Å². The second kappa shape index (κ2) is 5.26. The van der Waals surface area contributed by atoms with Crippen LogP contribution in [0.25, 0.3) is 11.0 Å². The fourth-order valence-corrected chi connectivity index (χ4v) is 2.79. The fraction of sp³-hybridized carbons (Fsp3) is 0.143. The van der Waals surface area contributed by atoms with Gasteiger partial charge in [-0.15, -0.1) is 22.9 Å². The van der Waals surface area contributed by atoms with Gasteiger partial charge in [0.05, 0.1) is 11.6 Å². The number of furan rings is 1. The minimum atomic E-state index is -0.311. The summed E-state index contributed by atoms with van der Waals surface area (Å²) in [6, 6.07) is 7.51. The maximum absolute atomic E-state index is 12.1. The second-order valence-electron chi connectivity index (χ2n) is 4.38. The van der Waals surface area contributed by atoms with Crippen LogP contribution in [0.5, 0.6) is 0 Å². The number of aryl methyl sites for hydroxylation is 1. The zero-order valence-corrected chi connectivity index (χ0v) is 12.2. The van der Waals surface area contributed by atoms with Crippen LogP contribution in [-0.2, 0) is 5.88 Å². The van der Waals surface area contributed by atoms with Gasteiger partial charge in [0.2, 0.25) is 0 Å². The number of carbonyl (C=O) groups is 1. The smallest absolute Gasteiger partial charge is 0.293 e. The maximum atomic E-state index is 12.1. The van der Waals surface area contributed by atoms with Crippen molar-refractivity contribution in [3.63, 3.8) is 0 Å². The lowest BCUT2D eigenvalue weighted by molar-refractivity contribution is 0.0998. The van der Waals surface area contributed by atoms with Gasteiger partial charge >= 0.3 is 0 Å². The molecule has 3 aromatic rings. The molecule has 0 fully saturated rings. The van der Waals surface area contributed by atoms with E-state index in [1.165, 1.54) is 11.3 Å². The van der Waals surface area contributed by atoms with Crippen LogP contribution in [0, 0.1) is 6.92 Å². The molecule has 20 heavy (non-hydrogen) atoms. The van der Waals surface area contributed by atoms with Gasteiger partial charge in [-0.25, -0.2) is 4.98 Å². The summed E-state index contributed by atoms with van der Waals surface area (Å²) < 4.78 is 5.53. The molecular formula is C14H11ClN2O2S. The van der Waals surface area contributed by atoms with Gasteiger partial charge in [-0.05, 0) is 25.1 Å². The van der Waals surface area contributed by atoms with Crippen molar-refractivity contribution in [3.05, 3.63) is 46.7 Å². The van der Waals surface area contributed by atoms with Crippen molar-refractivity contribution in [2.45, 2.75) is 12.8 Å². The molecular weight excluding hydrogens is 296 g/mol. The first-order valence-electron chi connectivity index (χ1n) is 5.97. The van der Waals surface area contributed by atoms with Gasteiger partial charge in [0.1, 0.15) is 5.58 Å². The molecule has 3 rings (SSSR count). The first kappa shape index (κ1) is 13.1. The molecule has 0 aliphatic rings. The Balaban J connectivity index is 1.84. The molecule has 2 aromatic heterocycles. The third kappa shape index (κ3) is 2.55. The predicted molar refractivity (Wildman–Crippen MR) is 80.6 cm³/mol. The highest BCUT2D eigenvalue weighted by Gasteiger charge is 2.14. The zero-order chi connectivity index (χ0) is 14.1. The van der Waals surface area contributed by atoms with E-state index in [2.05, 4.69) is 10.3 Å². The maximum Gasteiger partial charge on any atom is 0.293 e. The van der Waals surface area contributed by atoms with E-state index in [0.29, 0.717) is 16.6 Å². The Labute approximate surface area is 124 Å². The molecule has 0 saturated carbocycles. The minimum absolute atomic E-state index is 0.272. The van der Waals surface area contributed by atoms with Crippen LogP contribution >= 0.6 is 22.9 Å². The number of rotatable bonds is 3. The molecule has 0 aliphatic heterocycles. The van der Waals surface area contributed by atoms with Gasteiger partial charge in [-0.3, -0.25) is 10.1 Å². The lowest BCUT2D eigenvalue weighted by Gasteiger charge is -1.96. The monoisotopic (exact) mass is 306 g/mol. The minimum Gasteiger partial charge on any atom is -0.451 e. The van der Waals surface area contributed by atoms with Gasteiger partial charge < -0.3 is 4.42 Å². The molecule has 1 amide bonds. The quantitative estimate of drug-likeness (QED) is 0.738. The van der Waals surface area contributed by atoms with Gasteiger partial charge in [-0.2, -0.15) is 0 Å². The number of aromatic nitrogens is 1. The summed E-state index contributed by atoms with van der Waals surface area (Å²) in [4.78, 5) is 16.3. The average Bonchev–Trinajstić information content (AvgIpc) is 3.04. The molecule has 2 heterocycles. The predicted octanol–water partition coefficient (Wildman–Crippen LogP) is 4.19. The highest BCUT2D eigenvalue weighted by atomic mass is 35.5. The number of carbonyl (C=O) groups excluding carboxylic acids is 1. The molecule has 1 aromatic carbocycles. The zero-order valence-electron chi connectivity index (χ0n) is 10.6. The summed E-state index contributed by atoms with van der Waals surface area (Å²) in [6.07, 6.45) is 0. The van der Waals surface area contributed by atoms with E-state index >= 15 is 0 Å². The largest absolute Gasteiger partial charge is 0.451 e. The van der Waals surface area contributed by atoms with E-state index in [9.17, 15) is 4.79 Å². The number of nitrogens with one attached hydrogen (secondary N) is 1. The SMILES string of the molecule is Cc1ccc2oc(C(=O)Nc3nc(CCl)cs3)cc2c1. The Morgan fingerprint density at radius 1 is 1.45 bits per heavy atom. The Kier molecular flexibility index (Phi) is 3.46. The van der Waals surface area contributed by atoms with E-state index in [4.69, 9.17) is 16.0 Å². The number of hydrogen-bond acceptors (Lipinski definition) is 4. The van der Waals surface area contributed by atoms with Crippen molar-refractivity contribution in [3.8, 4) is 0 Å². The standard InChI is InChI=1S/C14H11ClN2O2S/c1-8-2-3-11-9(4-8)5-12(19-11)13(18)17-14-16-10(6-15)7-20-14/h2-5,7H,6H2,1H3,(H,16,17,18). The fourth-order valence-electron chi connectivity index (χ4n) is 1.86. The first-order chi connectivity index (χ1) is 9.65. The summed E-state index contributed by atoms with van der Waals surface area (Å²) in [7, 11) is 0. The van der Waals surface area contributed by atoms with Crippen LogP contribution in [-0.4, -0.2) is 10.9 Å². The lowest BCUT2D eigenvalue weighted by Crippen LogP contribution is -2.10. The van der Waals surface area contributed by atoms with Crippen LogP contribution in [0.1, 0.15) is 21.8 Å². The Bertz CT molecular complexity index is 778. The molecule has 4 nitrogen and oxygen atoms in total. The molecule has 0 spiro atoms.